The molecule has 1 rings (SSSR count). The smallest absolute Gasteiger partial charge is 0.0408 e. The Labute approximate surface area is 73.3 Å². The van der Waals surface area contributed by atoms with Gasteiger partial charge in [0.15, 0.2) is 0 Å². The molecule has 2 heteroatoms. The van der Waals surface area contributed by atoms with Gasteiger partial charge in [-0.3, -0.25) is 0 Å². The molecule has 0 radical (unpaired) electrons. The van der Waals surface area contributed by atoms with Crippen LogP contribution in [0.25, 0.3) is 6.08 Å². The highest BCUT2D eigenvalue weighted by atomic mass is 15.1. The maximum atomic E-state index is 5.77. The first-order valence-corrected chi connectivity index (χ1v) is 3.84. The molecule has 0 amide bonds. The van der Waals surface area contributed by atoms with E-state index in [-0.39, 0.29) is 0 Å². The van der Waals surface area contributed by atoms with Crippen LogP contribution in [0.3, 0.4) is 0 Å². The molecule has 0 atom stereocenters. The molecule has 0 spiro atoms. The van der Waals surface area contributed by atoms with Gasteiger partial charge in [0.05, 0.1) is 0 Å². The summed E-state index contributed by atoms with van der Waals surface area (Å²) in [5.74, 6) is 0. The molecular formula is C10H14N2. The fraction of sp³-hybridized carbons (Fsp3) is 0.200. The van der Waals surface area contributed by atoms with Crippen LogP contribution in [-0.4, -0.2) is 14.1 Å². The third-order valence-corrected chi connectivity index (χ3v) is 1.81. The topological polar surface area (TPSA) is 29.3 Å². The molecule has 1 aromatic rings. The van der Waals surface area contributed by atoms with E-state index in [4.69, 9.17) is 5.73 Å². The highest BCUT2D eigenvalue weighted by molar-refractivity contribution is 5.68. The lowest BCUT2D eigenvalue weighted by Gasteiger charge is -2.13. The van der Waals surface area contributed by atoms with Gasteiger partial charge < -0.3 is 10.6 Å². The zero-order chi connectivity index (χ0) is 9.14. The standard InChI is InChI=1S/C10H14N2/c1-4-8-5-6-9(12(2)3)7-10(8)11/h4-7H,1,11H2,2-3H3. The van der Waals surface area contributed by atoms with Crippen molar-refractivity contribution in [3.8, 4) is 0 Å². The van der Waals surface area contributed by atoms with Crippen molar-refractivity contribution in [2.75, 3.05) is 24.7 Å². The van der Waals surface area contributed by atoms with Crippen LogP contribution in [-0.2, 0) is 0 Å². The summed E-state index contributed by atoms with van der Waals surface area (Å²) in [6.07, 6.45) is 1.76. The normalized spacial score (nSPS) is 9.50. The molecule has 2 nitrogen and oxygen atoms in total. The van der Waals surface area contributed by atoms with Gasteiger partial charge in [-0.1, -0.05) is 18.7 Å². The molecule has 0 aromatic heterocycles. The summed E-state index contributed by atoms with van der Waals surface area (Å²) in [4.78, 5) is 2.02. The van der Waals surface area contributed by atoms with E-state index in [1.54, 1.807) is 6.08 Å². The van der Waals surface area contributed by atoms with Gasteiger partial charge >= 0.3 is 0 Å². The fourth-order valence-electron chi connectivity index (χ4n) is 1.03. The van der Waals surface area contributed by atoms with E-state index in [1.165, 1.54) is 0 Å². The van der Waals surface area contributed by atoms with Crippen molar-refractivity contribution in [3.05, 3.63) is 30.3 Å². The molecule has 0 unspecified atom stereocenters. The molecule has 0 aliphatic heterocycles. The minimum atomic E-state index is 0.774. The number of nitrogen functional groups attached to an aromatic ring is 1. The largest absolute Gasteiger partial charge is 0.398 e. The maximum absolute atomic E-state index is 5.77. The van der Waals surface area contributed by atoms with Crippen LogP contribution >= 0.6 is 0 Å². The Balaban J connectivity index is 3.10. The second kappa shape index (κ2) is 3.30. The van der Waals surface area contributed by atoms with Crippen molar-refractivity contribution in [2.24, 2.45) is 0 Å². The number of rotatable bonds is 2. The maximum Gasteiger partial charge on any atom is 0.0408 e. The van der Waals surface area contributed by atoms with Gasteiger partial charge in [-0.15, -0.1) is 0 Å². The molecule has 0 saturated heterocycles. The summed E-state index contributed by atoms with van der Waals surface area (Å²) < 4.78 is 0. The summed E-state index contributed by atoms with van der Waals surface area (Å²) in [7, 11) is 3.98. The Hall–Kier alpha value is -1.44. The Bertz CT molecular complexity index is 290. The van der Waals surface area contributed by atoms with E-state index in [2.05, 4.69) is 6.58 Å². The van der Waals surface area contributed by atoms with E-state index < -0.39 is 0 Å². The van der Waals surface area contributed by atoms with Gasteiger partial charge in [0.1, 0.15) is 0 Å². The van der Waals surface area contributed by atoms with E-state index in [0.29, 0.717) is 0 Å². The van der Waals surface area contributed by atoms with Crippen molar-refractivity contribution in [1.29, 1.82) is 0 Å². The zero-order valence-electron chi connectivity index (χ0n) is 7.54. The first kappa shape index (κ1) is 8.65. The quantitative estimate of drug-likeness (QED) is 0.674. The van der Waals surface area contributed by atoms with Crippen LogP contribution in [0.15, 0.2) is 24.8 Å². The monoisotopic (exact) mass is 162 g/mol. The lowest BCUT2D eigenvalue weighted by atomic mass is 10.1. The minimum absolute atomic E-state index is 0.774. The van der Waals surface area contributed by atoms with Gasteiger partial charge in [0, 0.05) is 25.5 Å². The van der Waals surface area contributed by atoms with Gasteiger partial charge in [0.2, 0.25) is 0 Å². The predicted molar refractivity (Wildman–Crippen MR) is 55.3 cm³/mol. The van der Waals surface area contributed by atoms with Crippen molar-refractivity contribution in [3.63, 3.8) is 0 Å². The summed E-state index contributed by atoms with van der Waals surface area (Å²) in [5.41, 5.74) is 8.64. The van der Waals surface area contributed by atoms with Crippen molar-refractivity contribution in [2.45, 2.75) is 0 Å². The van der Waals surface area contributed by atoms with E-state index in [9.17, 15) is 0 Å². The molecule has 12 heavy (non-hydrogen) atoms. The predicted octanol–water partition coefficient (Wildman–Crippen LogP) is 1.98. The Morgan fingerprint density at radius 2 is 2.08 bits per heavy atom. The van der Waals surface area contributed by atoms with E-state index in [0.717, 1.165) is 16.9 Å². The molecule has 0 fully saturated rings. The van der Waals surface area contributed by atoms with Crippen molar-refractivity contribution < 1.29 is 0 Å². The van der Waals surface area contributed by atoms with Crippen LogP contribution in [0.1, 0.15) is 5.56 Å². The number of hydrogen-bond acceptors (Lipinski definition) is 2. The molecule has 64 valence electrons. The van der Waals surface area contributed by atoms with Crippen LogP contribution in [0, 0.1) is 0 Å². The van der Waals surface area contributed by atoms with Crippen LogP contribution < -0.4 is 10.6 Å². The third-order valence-electron chi connectivity index (χ3n) is 1.81. The average molecular weight is 162 g/mol. The number of benzene rings is 1. The van der Waals surface area contributed by atoms with Crippen LogP contribution in [0.2, 0.25) is 0 Å². The molecular weight excluding hydrogens is 148 g/mol. The van der Waals surface area contributed by atoms with Gasteiger partial charge in [-0.2, -0.15) is 0 Å². The molecule has 1 aromatic carbocycles. The molecule has 0 saturated carbocycles. The van der Waals surface area contributed by atoms with Crippen LogP contribution in [0.4, 0.5) is 11.4 Å². The molecule has 0 heterocycles. The van der Waals surface area contributed by atoms with Gasteiger partial charge in [-0.05, 0) is 17.7 Å². The Kier molecular flexibility index (Phi) is 2.38. The highest BCUT2D eigenvalue weighted by Gasteiger charge is 1.98. The summed E-state index contributed by atoms with van der Waals surface area (Å²) in [6.45, 7) is 3.67. The van der Waals surface area contributed by atoms with E-state index in [1.807, 2.05) is 37.2 Å². The second-order valence-corrected chi connectivity index (χ2v) is 2.91. The number of nitrogens with two attached hydrogens (primary N) is 1. The summed E-state index contributed by atoms with van der Waals surface area (Å²) in [6, 6.07) is 5.93. The van der Waals surface area contributed by atoms with Crippen molar-refractivity contribution >= 4 is 17.5 Å². The highest BCUT2D eigenvalue weighted by Crippen LogP contribution is 2.20. The first-order chi connectivity index (χ1) is 5.65. The Morgan fingerprint density at radius 3 is 2.50 bits per heavy atom. The Morgan fingerprint density at radius 1 is 1.42 bits per heavy atom. The van der Waals surface area contributed by atoms with Crippen molar-refractivity contribution in [1.82, 2.24) is 0 Å². The first-order valence-electron chi connectivity index (χ1n) is 3.84. The van der Waals surface area contributed by atoms with E-state index >= 15 is 0 Å². The second-order valence-electron chi connectivity index (χ2n) is 2.91. The van der Waals surface area contributed by atoms with Gasteiger partial charge in [0.25, 0.3) is 0 Å². The van der Waals surface area contributed by atoms with Crippen LogP contribution in [0.5, 0.6) is 0 Å². The number of hydrogen-bond donors (Lipinski definition) is 1. The average Bonchev–Trinajstić information content (AvgIpc) is 2.04. The summed E-state index contributed by atoms with van der Waals surface area (Å²) in [5, 5.41) is 0. The number of anilines is 2. The summed E-state index contributed by atoms with van der Waals surface area (Å²) >= 11 is 0. The van der Waals surface area contributed by atoms with Gasteiger partial charge in [-0.25, -0.2) is 0 Å². The third kappa shape index (κ3) is 1.59. The molecule has 0 aliphatic rings. The zero-order valence-corrected chi connectivity index (χ0v) is 7.54. The lowest BCUT2D eigenvalue weighted by molar-refractivity contribution is 1.13. The molecule has 0 bridgehead atoms. The fourth-order valence-corrected chi connectivity index (χ4v) is 1.03. The lowest BCUT2D eigenvalue weighted by Crippen LogP contribution is -2.08. The minimum Gasteiger partial charge on any atom is -0.398 e. The molecule has 2 N–H and O–H groups in total. The molecule has 0 aliphatic carbocycles. The number of nitrogens with zero attached hydrogens (tertiary/aromatic N) is 1. The SMILES string of the molecule is C=Cc1ccc(N(C)C)cc1N.